The van der Waals surface area contributed by atoms with Crippen LogP contribution in [0.4, 0.5) is 11.4 Å². The molecule has 1 saturated heterocycles. The van der Waals surface area contributed by atoms with E-state index in [1.54, 1.807) is 6.20 Å². The summed E-state index contributed by atoms with van der Waals surface area (Å²) in [4.78, 5) is 15.6. The van der Waals surface area contributed by atoms with Crippen molar-refractivity contribution < 1.29 is 9.29 Å². The summed E-state index contributed by atoms with van der Waals surface area (Å²) < 4.78 is 22.7. The molecule has 196 valence electrons. The first kappa shape index (κ1) is 25.6. The zero-order valence-electron chi connectivity index (χ0n) is 21.1. The second-order valence-electron chi connectivity index (χ2n) is 10.1. The summed E-state index contributed by atoms with van der Waals surface area (Å²) in [6, 6.07) is 15.1. The highest BCUT2D eigenvalue weighted by Crippen LogP contribution is 2.45. The summed E-state index contributed by atoms with van der Waals surface area (Å²) in [5, 5.41) is 4.47. The maximum atomic E-state index is 13.5. The molecule has 0 amide bonds. The van der Waals surface area contributed by atoms with Gasteiger partial charge in [0.15, 0.2) is 5.75 Å². The third-order valence-electron chi connectivity index (χ3n) is 7.24. The zero-order valence-corrected chi connectivity index (χ0v) is 22.0. The van der Waals surface area contributed by atoms with E-state index in [2.05, 4.69) is 16.9 Å². The first-order valence-electron chi connectivity index (χ1n) is 12.6. The predicted octanol–water partition coefficient (Wildman–Crippen LogP) is 2.44. The minimum absolute atomic E-state index is 0.128. The van der Waals surface area contributed by atoms with Crippen molar-refractivity contribution in [3.05, 3.63) is 76.2 Å². The maximum absolute atomic E-state index is 13.5. The maximum Gasteiger partial charge on any atom is 0.316 e. The average molecular weight is 523 g/mol. The van der Waals surface area contributed by atoms with Gasteiger partial charge in [-0.25, -0.2) is 0 Å². The number of benzene rings is 2. The van der Waals surface area contributed by atoms with Gasteiger partial charge in [-0.1, -0.05) is 43.3 Å². The van der Waals surface area contributed by atoms with Crippen molar-refractivity contribution in [2.45, 2.75) is 32.1 Å². The van der Waals surface area contributed by atoms with Crippen LogP contribution >= 0.6 is 0 Å². The van der Waals surface area contributed by atoms with Gasteiger partial charge in [-0.2, -0.15) is 9.78 Å². The molecule has 0 bridgehead atoms. The Bertz CT molecular complexity index is 1290. The molecule has 3 aromatic rings. The molecule has 0 radical (unpaired) electrons. The van der Waals surface area contributed by atoms with Crippen LogP contribution in [0.25, 0.3) is 5.69 Å². The molecule has 1 saturated carbocycles. The number of nitrogens with zero attached hydrogens (tertiary/aromatic N) is 4. The molecule has 5 rings (SSSR count). The number of hydrogen-bond acceptors (Lipinski definition) is 8. The van der Waals surface area contributed by atoms with Gasteiger partial charge < -0.3 is 25.7 Å². The van der Waals surface area contributed by atoms with Gasteiger partial charge in [0.2, 0.25) is 5.75 Å². The molecule has 0 spiro atoms. The molecular weight excluding hydrogens is 488 g/mol. The minimum Gasteiger partial charge on any atom is -0.598 e. The summed E-state index contributed by atoms with van der Waals surface area (Å²) in [6.45, 7) is 5.41. The molecule has 9 nitrogen and oxygen atoms in total. The van der Waals surface area contributed by atoms with Crippen molar-refractivity contribution in [3.63, 3.8) is 0 Å². The SMILES string of the molecule is CC1(COc2c(N3CCN([S+]([O-])Cc4cccc(CN)c4N)CC3)cnn(-c3ccccc3)c2=O)CC1. The van der Waals surface area contributed by atoms with Crippen LogP contribution in [0.2, 0.25) is 0 Å². The van der Waals surface area contributed by atoms with Crippen molar-refractivity contribution >= 4 is 22.7 Å². The van der Waals surface area contributed by atoms with Crippen LogP contribution in [0.5, 0.6) is 5.75 Å². The predicted molar refractivity (Wildman–Crippen MR) is 147 cm³/mol. The molecule has 1 aliphatic heterocycles. The molecule has 2 aromatic carbocycles. The van der Waals surface area contributed by atoms with E-state index in [0.29, 0.717) is 67.9 Å². The normalized spacial score (nSPS) is 18.0. The Balaban J connectivity index is 1.32. The van der Waals surface area contributed by atoms with E-state index < -0.39 is 11.4 Å². The molecular formula is C27H34N6O3S. The van der Waals surface area contributed by atoms with E-state index in [0.717, 1.165) is 24.0 Å². The summed E-state index contributed by atoms with van der Waals surface area (Å²) in [7, 11) is 0. The standard InChI is InChI=1S/C27H34N6O3S/c1-27(10-11-27)19-36-25-23(17-30-33(26(25)34)22-8-3-2-4-9-22)31-12-14-32(15-13-31)37(35)18-21-7-5-6-20(16-28)24(21)29/h2-9,17H,10-16,18-19,28-29H2,1H3. The largest absolute Gasteiger partial charge is 0.598 e. The number of hydrogen-bond donors (Lipinski definition) is 2. The van der Waals surface area contributed by atoms with Crippen LogP contribution in [-0.4, -0.2) is 51.4 Å². The van der Waals surface area contributed by atoms with E-state index in [1.807, 2.05) is 52.8 Å². The monoisotopic (exact) mass is 522 g/mol. The van der Waals surface area contributed by atoms with Crippen LogP contribution in [0.1, 0.15) is 30.9 Å². The van der Waals surface area contributed by atoms with Gasteiger partial charge >= 0.3 is 5.56 Å². The second-order valence-corrected chi connectivity index (χ2v) is 11.5. The lowest BCUT2D eigenvalue weighted by molar-refractivity contribution is 0.242. The Hall–Kier alpha value is -3.05. The first-order valence-corrected chi connectivity index (χ1v) is 13.9. The lowest BCUT2D eigenvalue weighted by Gasteiger charge is -2.36. The van der Waals surface area contributed by atoms with Gasteiger partial charge in [-0.15, -0.1) is 4.31 Å². The lowest BCUT2D eigenvalue weighted by Crippen LogP contribution is -2.49. The third kappa shape index (κ3) is 5.62. The fourth-order valence-corrected chi connectivity index (χ4v) is 5.75. The van der Waals surface area contributed by atoms with Crippen molar-refractivity contribution in [2.75, 3.05) is 43.4 Å². The molecule has 1 unspecified atom stereocenters. The van der Waals surface area contributed by atoms with Crippen LogP contribution in [0.3, 0.4) is 0 Å². The Labute approximate surface area is 220 Å². The summed E-state index contributed by atoms with van der Waals surface area (Å²) in [5.41, 5.74) is 15.6. The van der Waals surface area contributed by atoms with Crippen LogP contribution in [-0.2, 0) is 23.7 Å². The van der Waals surface area contributed by atoms with Gasteiger partial charge in [0.1, 0.15) is 5.69 Å². The fourth-order valence-electron chi connectivity index (χ4n) is 4.47. The Morgan fingerprint density at radius 1 is 1.05 bits per heavy atom. The van der Waals surface area contributed by atoms with Crippen molar-refractivity contribution in [1.29, 1.82) is 0 Å². The second kappa shape index (κ2) is 10.7. The number of rotatable bonds is 9. The van der Waals surface area contributed by atoms with Gasteiger partial charge in [0.25, 0.3) is 0 Å². The first-order chi connectivity index (χ1) is 17.9. The lowest BCUT2D eigenvalue weighted by atomic mass is 10.1. The fraction of sp³-hybridized carbons (Fsp3) is 0.407. The Kier molecular flexibility index (Phi) is 7.43. The van der Waals surface area contributed by atoms with E-state index in [-0.39, 0.29) is 11.0 Å². The van der Waals surface area contributed by atoms with Crippen molar-refractivity contribution in [3.8, 4) is 11.4 Å². The smallest absolute Gasteiger partial charge is 0.316 e. The number of aromatic nitrogens is 2. The molecule has 1 aromatic heterocycles. The topological polar surface area (TPSA) is 126 Å². The highest BCUT2D eigenvalue weighted by atomic mass is 32.2. The molecule has 1 atom stereocenters. The van der Waals surface area contributed by atoms with Crippen LogP contribution in [0.15, 0.2) is 59.5 Å². The molecule has 10 heteroatoms. The summed E-state index contributed by atoms with van der Waals surface area (Å²) in [6.07, 6.45) is 3.91. The molecule has 4 N–H and O–H groups in total. The number of anilines is 2. The molecule has 2 fully saturated rings. The van der Waals surface area contributed by atoms with Crippen molar-refractivity contribution in [2.24, 2.45) is 11.1 Å². The van der Waals surface area contributed by atoms with Gasteiger partial charge in [0, 0.05) is 47.7 Å². The average Bonchev–Trinajstić information content (AvgIpc) is 3.66. The molecule has 1 aliphatic carbocycles. The Morgan fingerprint density at radius 3 is 2.43 bits per heavy atom. The van der Waals surface area contributed by atoms with E-state index in [9.17, 15) is 9.35 Å². The summed E-state index contributed by atoms with van der Waals surface area (Å²) >= 11 is -1.22. The number of para-hydroxylation sites is 2. The molecule has 2 aliphatic rings. The zero-order chi connectivity index (χ0) is 26.0. The number of nitrogen functional groups attached to an aromatic ring is 1. The number of nitrogens with two attached hydrogens (primary N) is 2. The third-order valence-corrected chi connectivity index (χ3v) is 8.74. The highest BCUT2D eigenvalue weighted by Gasteiger charge is 2.39. The van der Waals surface area contributed by atoms with Gasteiger partial charge in [-0.3, -0.25) is 4.79 Å². The quantitative estimate of drug-likeness (QED) is 0.324. The number of piperazine rings is 1. The Morgan fingerprint density at radius 2 is 1.76 bits per heavy atom. The summed E-state index contributed by atoms with van der Waals surface area (Å²) in [5.74, 6) is 0.675. The van der Waals surface area contributed by atoms with Crippen molar-refractivity contribution in [1.82, 2.24) is 14.1 Å². The van der Waals surface area contributed by atoms with Crippen LogP contribution < -0.4 is 26.7 Å². The number of ether oxygens (including phenoxy) is 1. The van der Waals surface area contributed by atoms with E-state index in [4.69, 9.17) is 16.2 Å². The van der Waals surface area contributed by atoms with E-state index in [1.165, 1.54) is 4.68 Å². The van der Waals surface area contributed by atoms with Gasteiger partial charge in [-0.05, 0) is 30.5 Å². The highest BCUT2D eigenvalue weighted by molar-refractivity contribution is 7.88. The van der Waals surface area contributed by atoms with E-state index >= 15 is 0 Å². The van der Waals surface area contributed by atoms with Crippen LogP contribution in [0, 0.1) is 5.41 Å². The van der Waals surface area contributed by atoms with Gasteiger partial charge in [0.05, 0.1) is 31.6 Å². The molecule has 2 heterocycles. The minimum atomic E-state index is -1.22. The molecule has 37 heavy (non-hydrogen) atoms.